The number of carbonyl (C=O) groups excluding carboxylic acids is 2. The summed E-state index contributed by atoms with van der Waals surface area (Å²) >= 11 is 3.26. The molecule has 4 nitrogen and oxygen atoms in total. The lowest BCUT2D eigenvalue weighted by molar-refractivity contribution is -0.157. The van der Waals surface area contributed by atoms with Crippen LogP contribution in [0.25, 0.3) is 0 Å². The summed E-state index contributed by atoms with van der Waals surface area (Å²) in [6.07, 6.45) is 0.676. The van der Waals surface area contributed by atoms with E-state index < -0.39 is 11.6 Å². The maximum absolute atomic E-state index is 11.5. The average Bonchev–Trinajstić information content (AvgIpc) is 2.24. The van der Waals surface area contributed by atoms with E-state index in [1.54, 1.807) is 39.0 Å². The van der Waals surface area contributed by atoms with Crippen LogP contribution in [0.3, 0.4) is 0 Å². The Morgan fingerprint density at radius 1 is 1.39 bits per heavy atom. The van der Waals surface area contributed by atoms with Crippen molar-refractivity contribution in [2.75, 3.05) is 6.61 Å². The number of benzene rings is 1. The van der Waals surface area contributed by atoms with Gasteiger partial charge in [0.25, 0.3) is 0 Å². The molecule has 0 spiro atoms. The molecule has 0 amide bonds. The van der Waals surface area contributed by atoms with Gasteiger partial charge in [-0.05, 0) is 48.8 Å². The van der Waals surface area contributed by atoms with Gasteiger partial charge in [0.15, 0.2) is 12.9 Å². The normalized spacial score (nSPS) is 10.9. The van der Waals surface area contributed by atoms with Gasteiger partial charge < -0.3 is 9.47 Å². The van der Waals surface area contributed by atoms with Gasteiger partial charge in [-0.15, -0.1) is 0 Å². The zero-order valence-corrected chi connectivity index (χ0v) is 12.1. The number of rotatable bonds is 4. The highest BCUT2D eigenvalue weighted by atomic mass is 79.9. The largest absolute Gasteiger partial charge is 0.480 e. The molecule has 0 unspecified atom stereocenters. The van der Waals surface area contributed by atoms with E-state index in [9.17, 15) is 9.59 Å². The molecule has 0 heterocycles. The molecular formula is C13H15BrO4. The van der Waals surface area contributed by atoms with E-state index in [1.165, 1.54) is 0 Å². The second-order valence-electron chi connectivity index (χ2n) is 4.65. The van der Waals surface area contributed by atoms with E-state index in [0.717, 1.165) is 0 Å². The van der Waals surface area contributed by atoms with Gasteiger partial charge >= 0.3 is 5.97 Å². The van der Waals surface area contributed by atoms with Crippen molar-refractivity contribution < 1.29 is 19.1 Å². The monoisotopic (exact) mass is 314 g/mol. The van der Waals surface area contributed by atoms with E-state index in [4.69, 9.17) is 9.47 Å². The topological polar surface area (TPSA) is 52.6 Å². The first-order valence-corrected chi connectivity index (χ1v) is 6.21. The van der Waals surface area contributed by atoms with Gasteiger partial charge in [0.1, 0.15) is 11.4 Å². The quantitative estimate of drug-likeness (QED) is 0.633. The Hall–Kier alpha value is -1.36. The van der Waals surface area contributed by atoms with Gasteiger partial charge in [-0.3, -0.25) is 4.79 Å². The second kappa shape index (κ2) is 6.00. The van der Waals surface area contributed by atoms with Crippen molar-refractivity contribution in [2.45, 2.75) is 26.4 Å². The van der Waals surface area contributed by atoms with Crippen molar-refractivity contribution in [1.29, 1.82) is 0 Å². The molecule has 0 aliphatic heterocycles. The summed E-state index contributed by atoms with van der Waals surface area (Å²) in [7, 11) is 0. The van der Waals surface area contributed by atoms with Crippen LogP contribution in [0.15, 0.2) is 22.7 Å². The molecule has 1 aromatic carbocycles. The van der Waals surface area contributed by atoms with Crippen molar-refractivity contribution in [2.24, 2.45) is 0 Å². The van der Waals surface area contributed by atoms with Gasteiger partial charge in [0.2, 0.25) is 0 Å². The Balaban J connectivity index is 2.69. The Morgan fingerprint density at radius 2 is 2.06 bits per heavy atom. The van der Waals surface area contributed by atoms with Crippen LogP contribution in [-0.4, -0.2) is 24.5 Å². The SMILES string of the molecule is CC(C)(C)OC(=O)COc1c(Br)cccc1C=O. The molecule has 98 valence electrons. The van der Waals surface area contributed by atoms with E-state index in [2.05, 4.69) is 15.9 Å². The van der Waals surface area contributed by atoms with E-state index in [-0.39, 0.29) is 6.61 Å². The fourth-order valence-electron chi connectivity index (χ4n) is 1.27. The number of ether oxygens (including phenoxy) is 2. The van der Waals surface area contributed by atoms with Gasteiger partial charge in [-0.2, -0.15) is 0 Å². The molecule has 0 aromatic heterocycles. The Labute approximate surface area is 114 Å². The van der Waals surface area contributed by atoms with Crippen molar-refractivity contribution in [3.63, 3.8) is 0 Å². The van der Waals surface area contributed by atoms with E-state index in [0.29, 0.717) is 22.1 Å². The van der Waals surface area contributed by atoms with Gasteiger partial charge in [0.05, 0.1) is 10.0 Å². The molecule has 0 N–H and O–H groups in total. The zero-order chi connectivity index (χ0) is 13.8. The smallest absolute Gasteiger partial charge is 0.344 e. The number of hydrogen-bond donors (Lipinski definition) is 0. The maximum Gasteiger partial charge on any atom is 0.344 e. The van der Waals surface area contributed by atoms with Crippen LogP contribution < -0.4 is 4.74 Å². The Bertz CT molecular complexity index is 449. The fraction of sp³-hybridized carbons (Fsp3) is 0.385. The fourth-order valence-corrected chi connectivity index (χ4v) is 1.77. The molecule has 1 aromatic rings. The standard InChI is InChI=1S/C13H15BrO4/c1-13(2,3)18-11(16)8-17-12-9(7-15)5-4-6-10(12)14/h4-7H,8H2,1-3H3. The summed E-state index contributed by atoms with van der Waals surface area (Å²) in [6, 6.07) is 5.06. The van der Waals surface area contributed by atoms with Crippen molar-refractivity contribution in [1.82, 2.24) is 0 Å². The van der Waals surface area contributed by atoms with Crippen molar-refractivity contribution in [3.05, 3.63) is 28.2 Å². The summed E-state index contributed by atoms with van der Waals surface area (Å²) in [6.45, 7) is 5.10. The lowest BCUT2D eigenvalue weighted by atomic mass is 10.2. The van der Waals surface area contributed by atoms with Crippen LogP contribution in [0.1, 0.15) is 31.1 Å². The first-order valence-electron chi connectivity index (χ1n) is 5.42. The van der Waals surface area contributed by atoms with Crippen LogP contribution in [0, 0.1) is 0 Å². The van der Waals surface area contributed by atoms with Gasteiger partial charge in [0, 0.05) is 0 Å². The second-order valence-corrected chi connectivity index (χ2v) is 5.51. The summed E-state index contributed by atoms with van der Waals surface area (Å²) in [4.78, 5) is 22.3. The lowest BCUT2D eigenvalue weighted by Crippen LogP contribution is -2.27. The molecule has 1 rings (SSSR count). The number of aldehydes is 1. The third-order valence-electron chi connectivity index (χ3n) is 1.88. The lowest BCUT2D eigenvalue weighted by Gasteiger charge is -2.19. The predicted octanol–water partition coefficient (Wildman–Crippen LogP) is 2.98. The molecule has 0 aliphatic carbocycles. The van der Waals surface area contributed by atoms with Crippen LogP contribution in [-0.2, 0) is 9.53 Å². The number of esters is 1. The minimum atomic E-state index is -0.554. The van der Waals surface area contributed by atoms with E-state index >= 15 is 0 Å². The molecule has 5 heteroatoms. The van der Waals surface area contributed by atoms with Crippen molar-refractivity contribution >= 4 is 28.2 Å². The number of halogens is 1. The van der Waals surface area contributed by atoms with Crippen molar-refractivity contribution in [3.8, 4) is 5.75 Å². The highest BCUT2D eigenvalue weighted by molar-refractivity contribution is 9.10. The van der Waals surface area contributed by atoms with E-state index in [1.807, 2.05) is 0 Å². The molecule has 0 atom stereocenters. The van der Waals surface area contributed by atoms with Gasteiger partial charge in [-0.1, -0.05) is 6.07 Å². The first-order chi connectivity index (χ1) is 8.33. The minimum Gasteiger partial charge on any atom is -0.480 e. The van der Waals surface area contributed by atoms with Crippen LogP contribution in [0.5, 0.6) is 5.75 Å². The number of carbonyl (C=O) groups is 2. The van der Waals surface area contributed by atoms with Gasteiger partial charge in [-0.25, -0.2) is 4.79 Å². The average molecular weight is 315 g/mol. The molecule has 0 saturated heterocycles. The summed E-state index contributed by atoms with van der Waals surface area (Å²) in [5, 5.41) is 0. The molecule has 0 radical (unpaired) electrons. The van der Waals surface area contributed by atoms with Crippen LogP contribution in [0.2, 0.25) is 0 Å². The van der Waals surface area contributed by atoms with Crippen LogP contribution in [0.4, 0.5) is 0 Å². The summed E-state index contributed by atoms with van der Waals surface area (Å²) < 4.78 is 11.0. The Kier molecular flexibility index (Phi) is 4.90. The molecule has 0 aliphatic rings. The Morgan fingerprint density at radius 3 is 2.61 bits per heavy atom. The summed E-state index contributed by atoms with van der Waals surface area (Å²) in [5.41, 5.74) is -0.171. The molecule has 0 bridgehead atoms. The maximum atomic E-state index is 11.5. The third-order valence-corrected chi connectivity index (χ3v) is 2.50. The molecule has 18 heavy (non-hydrogen) atoms. The molecule has 0 fully saturated rings. The number of para-hydroxylation sites is 1. The van der Waals surface area contributed by atoms with Crippen LogP contribution >= 0.6 is 15.9 Å². The minimum absolute atomic E-state index is 0.235. The predicted molar refractivity (Wildman–Crippen MR) is 70.9 cm³/mol. The highest BCUT2D eigenvalue weighted by Gasteiger charge is 2.17. The first kappa shape index (κ1) is 14.7. The highest BCUT2D eigenvalue weighted by Crippen LogP contribution is 2.28. The third kappa shape index (κ3) is 4.49. The number of hydrogen-bond acceptors (Lipinski definition) is 4. The zero-order valence-electron chi connectivity index (χ0n) is 10.5. The molecule has 0 saturated carbocycles. The summed E-state index contributed by atoms with van der Waals surface area (Å²) in [5.74, 6) is -0.131. The molecular weight excluding hydrogens is 300 g/mol.